The Balaban J connectivity index is 1.95. The SMILES string of the molecule is Cc1noc(C)c1CN(C)c1cnn(-c2ccc(Cl)cc2)c(=O)c1Cl. The molecule has 0 aliphatic rings. The lowest BCUT2D eigenvalue weighted by atomic mass is 10.2. The minimum atomic E-state index is -0.396. The summed E-state index contributed by atoms with van der Waals surface area (Å²) in [5.74, 6) is 0.739. The average molecular weight is 379 g/mol. The van der Waals surface area contributed by atoms with Crippen molar-refractivity contribution >= 4 is 28.9 Å². The van der Waals surface area contributed by atoms with E-state index in [0.717, 1.165) is 17.0 Å². The topological polar surface area (TPSA) is 64.2 Å². The summed E-state index contributed by atoms with van der Waals surface area (Å²) in [4.78, 5) is 14.4. The predicted octanol–water partition coefficient (Wildman–Crippen LogP) is 3.78. The van der Waals surface area contributed by atoms with Gasteiger partial charge in [0.15, 0.2) is 0 Å². The number of aromatic nitrogens is 3. The maximum Gasteiger partial charge on any atom is 0.292 e. The largest absolute Gasteiger partial charge is 0.367 e. The molecule has 2 heterocycles. The van der Waals surface area contributed by atoms with Crippen LogP contribution in [0.1, 0.15) is 17.0 Å². The number of halogens is 2. The Bertz CT molecular complexity index is 944. The Kier molecular flexibility index (Phi) is 4.83. The van der Waals surface area contributed by atoms with Crippen LogP contribution in [0.25, 0.3) is 5.69 Å². The molecule has 3 rings (SSSR count). The molecule has 0 N–H and O–H groups in total. The van der Waals surface area contributed by atoms with Crippen molar-refractivity contribution in [3.63, 3.8) is 0 Å². The molecule has 0 atom stereocenters. The molecule has 8 heteroatoms. The van der Waals surface area contributed by atoms with Crippen LogP contribution >= 0.6 is 23.2 Å². The van der Waals surface area contributed by atoms with Crippen molar-refractivity contribution in [3.8, 4) is 5.69 Å². The molecule has 0 saturated carbocycles. The van der Waals surface area contributed by atoms with E-state index in [2.05, 4.69) is 10.3 Å². The minimum absolute atomic E-state index is 0.0965. The van der Waals surface area contributed by atoms with E-state index in [4.69, 9.17) is 27.7 Å². The summed E-state index contributed by atoms with van der Waals surface area (Å²) in [6, 6.07) is 6.80. The second kappa shape index (κ2) is 6.90. The van der Waals surface area contributed by atoms with E-state index in [9.17, 15) is 4.79 Å². The van der Waals surface area contributed by atoms with Gasteiger partial charge in [0.05, 0.1) is 23.3 Å². The molecule has 1 aromatic carbocycles. The summed E-state index contributed by atoms with van der Waals surface area (Å²) in [6.45, 7) is 4.23. The van der Waals surface area contributed by atoms with Crippen molar-refractivity contribution in [2.45, 2.75) is 20.4 Å². The number of benzene rings is 1. The first-order chi connectivity index (χ1) is 11.9. The molecule has 3 aromatic rings. The van der Waals surface area contributed by atoms with Crippen LogP contribution in [-0.4, -0.2) is 22.0 Å². The summed E-state index contributed by atoms with van der Waals surface area (Å²) < 4.78 is 6.41. The highest BCUT2D eigenvalue weighted by Gasteiger charge is 2.17. The molecule has 0 amide bonds. The second-order valence-corrected chi connectivity index (χ2v) is 6.51. The normalized spacial score (nSPS) is 10.9. The smallest absolute Gasteiger partial charge is 0.292 e. The van der Waals surface area contributed by atoms with Gasteiger partial charge in [0.1, 0.15) is 10.8 Å². The predicted molar refractivity (Wildman–Crippen MR) is 97.9 cm³/mol. The Hall–Kier alpha value is -2.31. The third-order valence-electron chi connectivity index (χ3n) is 3.96. The highest BCUT2D eigenvalue weighted by molar-refractivity contribution is 6.33. The van der Waals surface area contributed by atoms with Crippen molar-refractivity contribution in [3.05, 3.63) is 67.9 Å². The molecule has 0 spiro atoms. The van der Waals surface area contributed by atoms with Crippen LogP contribution in [0.5, 0.6) is 0 Å². The fraction of sp³-hybridized carbons (Fsp3) is 0.235. The highest BCUT2D eigenvalue weighted by Crippen LogP contribution is 2.24. The monoisotopic (exact) mass is 378 g/mol. The standard InChI is InChI=1S/C17H16Cl2N4O2/c1-10-14(11(2)25-21-10)9-22(3)15-8-20-23(17(24)16(15)19)13-6-4-12(18)5-7-13/h4-8H,9H2,1-3H3. The second-order valence-electron chi connectivity index (χ2n) is 5.70. The molecule has 0 fully saturated rings. The van der Waals surface area contributed by atoms with Gasteiger partial charge >= 0.3 is 0 Å². The molecule has 0 bridgehead atoms. The van der Waals surface area contributed by atoms with Gasteiger partial charge in [0, 0.05) is 24.2 Å². The summed E-state index contributed by atoms with van der Waals surface area (Å²) >= 11 is 12.2. The van der Waals surface area contributed by atoms with Gasteiger partial charge in [0.25, 0.3) is 5.56 Å². The number of anilines is 1. The van der Waals surface area contributed by atoms with Crippen molar-refractivity contribution in [1.82, 2.24) is 14.9 Å². The van der Waals surface area contributed by atoms with E-state index in [1.165, 1.54) is 4.68 Å². The first-order valence-electron chi connectivity index (χ1n) is 7.55. The van der Waals surface area contributed by atoms with Crippen LogP contribution < -0.4 is 10.5 Å². The lowest BCUT2D eigenvalue weighted by molar-refractivity contribution is 0.392. The fourth-order valence-corrected chi connectivity index (χ4v) is 2.91. The van der Waals surface area contributed by atoms with Crippen LogP contribution in [0.3, 0.4) is 0 Å². The molecular formula is C17H16Cl2N4O2. The van der Waals surface area contributed by atoms with Crippen LogP contribution in [-0.2, 0) is 6.54 Å². The molecule has 25 heavy (non-hydrogen) atoms. The van der Waals surface area contributed by atoms with E-state index in [0.29, 0.717) is 22.9 Å². The van der Waals surface area contributed by atoms with Crippen molar-refractivity contribution in [2.24, 2.45) is 0 Å². The van der Waals surface area contributed by atoms with Gasteiger partial charge in [-0.3, -0.25) is 4.79 Å². The minimum Gasteiger partial charge on any atom is -0.367 e. The molecule has 0 saturated heterocycles. The van der Waals surface area contributed by atoms with Crippen molar-refractivity contribution in [1.29, 1.82) is 0 Å². The zero-order valence-electron chi connectivity index (χ0n) is 14.0. The maximum atomic E-state index is 12.6. The summed E-state index contributed by atoms with van der Waals surface area (Å²) in [6.07, 6.45) is 1.57. The third kappa shape index (κ3) is 3.41. The Morgan fingerprint density at radius 2 is 1.88 bits per heavy atom. The molecule has 0 aliphatic carbocycles. The molecule has 130 valence electrons. The van der Waals surface area contributed by atoms with E-state index in [1.807, 2.05) is 25.8 Å². The zero-order valence-corrected chi connectivity index (χ0v) is 15.5. The van der Waals surface area contributed by atoms with Crippen molar-refractivity contribution < 1.29 is 4.52 Å². The zero-order chi connectivity index (χ0) is 18.1. The van der Waals surface area contributed by atoms with Gasteiger partial charge < -0.3 is 9.42 Å². The highest BCUT2D eigenvalue weighted by atomic mass is 35.5. The third-order valence-corrected chi connectivity index (χ3v) is 4.57. The first kappa shape index (κ1) is 17.5. The van der Waals surface area contributed by atoms with Gasteiger partial charge in [-0.05, 0) is 38.1 Å². The lowest BCUT2D eigenvalue weighted by Crippen LogP contribution is -2.26. The van der Waals surface area contributed by atoms with E-state index < -0.39 is 5.56 Å². The van der Waals surface area contributed by atoms with Gasteiger partial charge in [0.2, 0.25) is 0 Å². The number of hydrogen-bond acceptors (Lipinski definition) is 5. The first-order valence-corrected chi connectivity index (χ1v) is 8.30. The Labute approximate surface area is 154 Å². The van der Waals surface area contributed by atoms with E-state index in [-0.39, 0.29) is 5.02 Å². The molecular weight excluding hydrogens is 363 g/mol. The lowest BCUT2D eigenvalue weighted by Gasteiger charge is -2.20. The van der Waals surface area contributed by atoms with Gasteiger partial charge in [-0.15, -0.1) is 0 Å². The Morgan fingerprint density at radius 1 is 1.20 bits per heavy atom. The molecule has 2 aromatic heterocycles. The number of nitrogens with zero attached hydrogens (tertiary/aromatic N) is 4. The van der Waals surface area contributed by atoms with Gasteiger partial charge in [-0.1, -0.05) is 28.4 Å². The van der Waals surface area contributed by atoms with Crippen LogP contribution in [0.4, 0.5) is 5.69 Å². The number of aryl methyl sites for hydroxylation is 2. The quantitative estimate of drug-likeness (QED) is 0.690. The molecule has 0 unspecified atom stereocenters. The maximum absolute atomic E-state index is 12.6. The average Bonchev–Trinajstić information content (AvgIpc) is 2.90. The fourth-order valence-electron chi connectivity index (χ4n) is 2.51. The van der Waals surface area contributed by atoms with E-state index in [1.54, 1.807) is 30.5 Å². The summed E-state index contributed by atoms with van der Waals surface area (Å²) in [5, 5.41) is 8.85. The molecule has 0 aliphatic heterocycles. The van der Waals surface area contributed by atoms with Gasteiger partial charge in [-0.25, -0.2) is 0 Å². The van der Waals surface area contributed by atoms with Crippen LogP contribution in [0, 0.1) is 13.8 Å². The van der Waals surface area contributed by atoms with Crippen LogP contribution in [0.15, 0.2) is 39.8 Å². The summed E-state index contributed by atoms with van der Waals surface area (Å²) in [7, 11) is 1.83. The molecule has 0 radical (unpaired) electrons. The van der Waals surface area contributed by atoms with E-state index >= 15 is 0 Å². The number of hydrogen-bond donors (Lipinski definition) is 0. The van der Waals surface area contributed by atoms with Crippen LogP contribution in [0.2, 0.25) is 10.0 Å². The number of rotatable bonds is 4. The summed E-state index contributed by atoms with van der Waals surface area (Å²) in [5.41, 5.74) is 2.50. The Morgan fingerprint density at radius 3 is 2.48 bits per heavy atom. The molecule has 6 nitrogen and oxygen atoms in total. The van der Waals surface area contributed by atoms with Crippen molar-refractivity contribution in [2.75, 3.05) is 11.9 Å². The van der Waals surface area contributed by atoms with Gasteiger partial charge in [-0.2, -0.15) is 9.78 Å².